The van der Waals surface area contributed by atoms with E-state index < -0.39 is 54.8 Å². The SMILES string of the molecule is CC(=O)OCC1(OC(C)=O)CC(OC(C)=O)C(OC(C)=O)C(OCCOCCN)O1. The summed E-state index contributed by atoms with van der Waals surface area (Å²) in [4.78, 5) is 46.2. The summed E-state index contributed by atoms with van der Waals surface area (Å²) in [5.74, 6) is -4.55. The maximum atomic E-state index is 11.7. The van der Waals surface area contributed by atoms with Gasteiger partial charge in [-0.2, -0.15) is 0 Å². The third kappa shape index (κ3) is 9.03. The molecule has 1 aliphatic rings. The van der Waals surface area contributed by atoms with Crippen LogP contribution in [0.3, 0.4) is 0 Å². The Hall–Kier alpha value is -2.28. The van der Waals surface area contributed by atoms with E-state index >= 15 is 0 Å². The van der Waals surface area contributed by atoms with Crippen molar-refractivity contribution in [3.63, 3.8) is 0 Å². The minimum Gasteiger partial charge on any atom is -0.459 e. The lowest BCUT2D eigenvalue weighted by Gasteiger charge is -2.45. The Morgan fingerprint density at radius 3 is 2.13 bits per heavy atom. The number of carbonyl (C=O) groups is 4. The van der Waals surface area contributed by atoms with Crippen molar-refractivity contribution in [2.75, 3.05) is 33.0 Å². The highest BCUT2D eigenvalue weighted by atomic mass is 16.8. The largest absolute Gasteiger partial charge is 0.459 e. The summed E-state index contributed by atoms with van der Waals surface area (Å²) >= 11 is 0. The minimum absolute atomic E-state index is 0.00105. The maximum Gasteiger partial charge on any atom is 0.305 e. The highest BCUT2D eigenvalue weighted by molar-refractivity contribution is 5.68. The first-order valence-electron chi connectivity index (χ1n) is 9.33. The topological polar surface area (TPSA) is 159 Å². The molecule has 0 aromatic heterocycles. The Morgan fingerprint density at radius 1 is 0.933 bits per heavy atom. The van der Waals surface area contributed by atoms with Crippen molar-refractivity contribution in [1.82, 2.24) is 0 Å². The molecule has 1 heterocycles. The van der Waals surface area contributed by atoms with Gasteiger partial charge in [0.2, 0.25) is 6.29 Å². The zero-order valence-corrected chi connectivity index (χ0v) is 17.5. The molecule has 0 spiro atoms. The van der Waals surface area contributed by atoms with Crippen LogP contribution in [0.5, 0.6) is 0 Å². The molecule has 0 amide bonds. The highest BCUT2D eigenvalue weighted by Crippen LogP contribution is 2.35. The summed E-state index contributed by atoms with van der Waals surface area (Å²) in [6, 6.07) is 0. The molecular formula is C18H29NO11. The van der Waals surface area contributed by atoms with Gasteiger partial charge in [0.1, 0.15) is 0 Å². The zero-order chi connectivity index (χ0) is 22.7. The first-order chi connectivity index (χ1) is 14.1. The third-order valence-corrected chi connectivity index (χ3v) is 3.69. The summed E-state index contributed by atoms with van der Waals surface area (Å²) in [5, 5.41) is 0. The van der Waals surface area contributed by atoms with Gasteiger partial charge in [-0.15, -0.1) is 0 Å². The number of ether oxygens (including phenoxy) is 7. The van der Waals surface area contributed by atoms with Crippen molar-refractivity contribution in [1.29, 1.82) is 0 Å². The van der Waals surface area contributed by atoms with Gasteiger partial charge in [-0.1, -0.05) is 0 Å². The average Bonchev–Trinajstić information content (AvgIpc) is 2.61. The van der Waals surface area contributed by atoms with Gasteiger partial charge in [-0.05, 0) is 0 Å². The highest BCUT2D eigenvalue weighted by Gasteiger charge is 2.54. The molecule has 12 heteroatoms. The van der Waals surface area contributed by atoms with Gasteiger partial charge in [0, 0.05) is 34.2 Å². The van der Waals surface area contributed by atoms with Crippen LogP contribution in [0.25, 0.3) is 0 Å². The van der Waals surface area contributed by atoms with E-state index in [9.17, 15) is 19.2 Å². The fourth-order valence-corrected chi connectivity index (χ4v) is 2.77. The molecule has 1 aliphatic heterocycles. The Kier molecular flexibility index (Phi) is 10.7. The van der Waals surface area contributed by atoms with Gasteiger partial charge in [-0.25, -0.2) is 0 Å². The van der Waals surface area contributed by atoms with E-state index in [1.54, 1.807) is 0 Å². The summed E-state index contributed by atoms with van der Waals surface area (Å²) in [6.07, 6.45) is -3.85. The van der Waals surface area contributed by atoms with Crippen LogP contribution < -0.4 is 5.73 Å². The molecule has 4 unspecified atom stereocenters. The molecule has 0 bridgehead atoms. The van der Waals surface area contributed by atoms with Crippen LogP contribution in [0.4, 0.5) is 0 Å². The molecule has 1 fully saturated rings. The lowest BCUT2D eigenvalue weighted by atomic mass is 9.99. The van der Waals surface area contributed by atoms with E-state index in [1.807, 2.05) is 0 Å². The Balaban J connectivity index is 3.14. The van der Waals surface area contributed by atoms with Crippen molar-refractivity contribution >= 4 is 23.9 Å². The van der Waals surface area contributed by atoms with Crippen molar-refractivity contribution in [3.8, 4) is 0 Å². The molecule has 2 N–H and O–H groups in total. The molecule has 4 atom stereocenters. The third-order valence-electron chi connectivity index (χ3n) is 3.69. The number of hydrogen-bond donors (Lipinski definition) is 1. The molecule has 30 heavy (non-hydrogen) atoms. The van der Waals surface area contributed by atoms with E-state index in [4.69, 9.17) is 38.9 Å². The Labute approximate surface area is 174 Å². The fourth-order valence-electron chi connectivity index (χ4n) is 2.77. The molecule has 1 rings (SSSR count). The van der Waals surface area contributed by atoms with Crippen LogP contribution >= 0.6 is 0 Å². The monoisotopic (exact) mass is 435 g/mol. The van der Waals surface area contributed by atoms with E-state index in [-0.39, 0.29) is 19.6 Å². The van der Waals surface area contributed by atoms with Crippen LogP contribution in [0.1, 0.15) is 34.1 Å². The molecule has 0 saturated carbocycles. The van der Waals surface area contributed by atoms with Crippen molar-refractivity contribution in [2.45, 2.75) is 58.4 Å². The predicted molar refractivity (Wildman–Crippen MR) is 97.6 cm³/mol. The van der Waals surface area contributed by atoms with Crippen LogP contribution in [0.15, 0.2) is 0 Å². The second-order valence-corrected chi connectivity index (χ2v) is 6.47. The first kappa shape index (κ1) is 25.8. The molecule has 0 aromatic carbocycles. The smallest absolute Gasteiger partial charge is 0.305 e. The van der Waals surface area contributed by atoms with E-state index in [0.29, 0.717) is 13.2 Å². The van der Waals surface area contributed by atoms with Gasteiger partial charge in [-0.3, -0.25) is 19.2 Å². The fraction of sp³-hybridized carbons (Fsp3) is 0.778. The Bertz CT molecular complexity index is 611. The van der Waals surface area contributed by atoms with Gasteiger partial charge < -0.3 is 38.9 Å². The van der Waals surface area contributed by atoms with Crippen LogP contribution in [0.2, 0.25) is 0 Å². The normalized spacial score (nSPS) is 25.8. The van der Waals surface area contributed by atoms with Gasteiger partial charge in [0.15, 0.2) is 18.8 Å². The standard InChI is InChI=1S/C18H29NO11/c1-11(20)26-10-18(29-14(4)23)9-15(27-12(2)21)16(28-13(3)22)17(30-18)25-8-7-24-6-5-19/h15-17H,5-10,19H2,1-4H3. The second-order valence-electron chi connectivity index (χ2n) is 6.47. The van der Waals surface area contributed by atoms with E-state index in [1.165, 1.54) is 6.92 Å². The first-order valence-corrected chi connectivity index (χ1v) is 9.33. The van der Waals surface area contributed by atoms with Crippen LogP contribution in [-0.2, 0) is 52.3 Å². The van der Waals surface area contributed by atoms with Gasteiger partial charge in [0.05, 0.1) is 26.2 Å². The summed E-state index contributed by atoms with van der Waals surface area (Å²) < 4.78 is 37.4. The quantitative estimate of drug-likeness (QED) is 0.250. The average molecular weight is 435 g/mol. The number of esters is 4. The van der Waals surface area contributed by atoms with Crippen LogP contribution in [-0.4, -0.2) is 81.1 Å². The van der Waals surface area contributed by atoms with Gasteiger partial charge >= 0.3 is 23.9 Å². The van der Waals surface area contributed by atoms with Crippen molar-refractivity contribution in [3.05, 3.63) is 0 Å². The molecule has 0 aromatic rings. The number of nitrogens with two attached hydrogens (primary N) is 1. The second kappa shape index (κ2) is 12.4. The van der Waals surface area contributed by atoms with Crippen molar-refractivity contribution < 1.29 is 52.3 Å². The van der Waals surface area contributed by atoms with Gasteiger partial charge in [0.25, 0.3) is 5.79 Å². The van der Waals surface area contributed by atoms with Crippen LogP contribution in [0, 0.1) is 0 Å². The molecule has 172 valence electrons. The zero-order valence-electron chi connectivity index (χ0n) is 17.5. The minimum atomic E-state index is -1.82. The number of hydrogen-bond acceptors (Lipinski definition) is 12. The Morgan fingerprint density at radius 2 is 1.60 bits per heavy atom. The summed E-state index contributed by atoms with van der Waals surface area (Å²) in [7, 11) is 0. The maximum absolute atomic E-state index is 11.7. The summed E-state index contributed by atoms with van der Waals surface area (Å²) in [5.41, 5.74) is 5.35. The number of carbonyl (C=O) groups excluding carboxylic acids is 4. The molecular weight excluding hydrogens is 406 g/mol. The van der Waals surface area contributed by atoms with E-state index in [0.717, 1.165) is 20.8 Å². The molecule has 12 nitrogen and oxygen atoms in total. The van der Waals surface area contributed by atoms with Crippen molar-refractivity contribution in [2.24, 2.45) is 5.73 Å². The molecule has 0 radical (unpaired) electrons. The summed E-state index contributed by atoms with van der Waals surface area (Å²) in [6.45, 7) is 4.91. The van der Waals surface area contributed by atoms with E-state index in [2.05, 4.69) is 0 Å². The number of rotatable bonds is 11. The predicted octanol–water partition coefficient (Wildman–Crippen LogP) is -0.589. The molecule has 0 aliphatic carbocycles. The lowest BCUT2D eigenvalue weighted by Crippen LogP contribution is -2.61. The molecule has 1 saturated heterocycles. The lowest BCUT2D eigenvalue weighted by molar-refractivity contribution is -0.367.